The van der Waals surface area contributed by atoms with E-state index in [4.69, 9.17) is 11.6 Å². The van der Waals surface area contributed by atoms with Crippen molar-refractivity contribution in [2.75, 3.05) is 11.9 Å². The summed E-state index contributed by atoms with van der Waals surface area (Å²) < 4.78 is 35.6. The Morgan fingerprint density at radius 2 is 2.05 bits per heavy atom. The third-order valence-electron chi connectivity index (χ3n) is 2.14. The highest BCUT2D eigenvalue weighted by Crippen LogP contribution is 2.28. The van der Waals surface area contributed by atoms with Crippen molar-refractivity contribution in [1.82, 2.24) is 9.97 Å². The molecule has 0 fully saturated rings. The summed E-state index contributed by atoms with van der Waals surface area (Å²) in [4.78, 5) is 17.1. The molecule has 106 valence electrons. The van der Waals surface area contributed by atoms with Crippen LogP contribution >= 0.6 is 11.6 Å². The average Bonchev–Trinajstić information content (AvgIpc) is 2.26. The summed E-state index contributed by atoms with van der Waals surface area (Å²) in [7, 11) is 0. The maximum absolute atomic E-state index is 11.9. The third kappa shape index (κ3) is 5.25. The van der Waals surface area contributed by atoms with Gasteiger partial charge in [-0.25, -0.2) is 9.97 Å². The van der Waals surface area contributed by atoms with Crippen LogP contribution < -0.4 is 5.32 Å². The number of rotatable bonds is 6. The zero-order chi connectivity index (χ0) is 14.5. The van der Waals surface area contributed by atoms with Crippen molar-refractivity contribution < 1.29 is 18.1 Å². The van der Waals surface area contributed by atoms with Crippen molar-refractivity contribution in [3.05, 3.63) is 21.6 Å². The van der Waals surface area contributed by atoms with Crippen molar-refractivity contribution in [3.63, 3.8) is 0 Å². The van der Waals surface area contributed by atoms with Crippen LogP contribution in [0.15, 0.2) is 6.33 Å². The Morgan fingerprint density at radius 3 is 2.63 bits per heavy atom. The maximum atomic E-state index is 11.9. The highest BCUT2D eigenvalue weighted by molar-refractivity contribution is 6.31. The average molecular weight is 299 g/mol. The molecule has 0 unspecified atom stereocenters. The van der Waals surface area contributed by atoms with E-state index >= 15 is 0 Å². The van der Waals surface area contributed by atoms with E-state index < -0.39 is 23.2 Å². The fourth-order valence-electron chi connectivity index (χ4n) is 1.31. The van der Waals surface area contributed by atoms with Crippen LogP contribution in [0.3, 0.4) is 0 Å². The van der Waals surface area contributed by atoms with Gasteiger partial charge in [0.1, 0.15) is 6.33 Å². The summed E-state index contributed by atoms with van der Waals surface area (Å²) in [5.74, 6) is -0.1000. The van der Waals surface area contributed by atoms with E-state index in [0.29, 0.717) is 0 Å². The minimum Gasteiger partial charge on any atom is -0.364 e. The Balaban J connectivity index is 2.50. The molecule has 10 heteroatoms. The fraction of sp³-hybridized carbons (Fsp3) is 0.556. The Bertz CT molecular complexity index is 456. The van der Waals surface area contributed by atoms with Crippen LogP contribution in [0.5, 0.6) is 0 Å². The smallest absolute Gasteiger partial charge is 0.364 e. The number of nitro groups is 1. The topological polar surface area (TPSA) is 81.0 Å². The number of hydrogen-bond acceptors (Lipinski definition) is 5. The van der Waals surface area contributed by atoms with Crippen molar-refractivity contribution in [1.29, 1.82) is 0 Å². The van der Waals surface area contributed by atoms with Crippen LogP contribution in [0.1, 0.15) is 19.3 Å². The molecule has 19 heavy (non-hydrogen) atoms. The van der Waals surface area contributed by atoms with Crippen LogP contribution in [0.25, 0.3) is 0 Å². The predicted octanol–water partition coefficient (Wildman–Crippen LogP) is 3.18. The lowest BCUT2D eigenvalue weighted by Crippen LogP contribution is -2.10. The lowest BCUT2D eigenvalue weighted by atomic mass is 10.2. The second-order valence-electron chi connectivity index (χ2n) is 3.62. The van der Waals surface area contributed by atoms with Gasteiger partial charge in [-0.2, -0.15) is 13.2 Å². The molecule has 0 aromatic carbocycles. The Hall–Kier alpha value is -1.64. The van der Waals surface area contributed by atoms with Gasteiger partial charge < -0.3 is 5.32 Å². The van der Waals surface area contributed by atoms with E-state index in [9.17, 15) is 23.3 Å². The van der Waals surface area contributed by atoms with E-state index in [-0.39, 0.29) is 30.4 Å². The number of halogens is 4. The van der Waals surface area contributed by atoms with Crippen molar-refractivity contribution in [2.45, 2.75) is 25.4 Å². The molecule has 0 amide bonds. The quantitative estimate of drug-likeness (QED) is 0.377. The van der Waals surface area contributed by atoms with Gasteiger partial charge in [0, 0.05) is 13.0 Å². The van der Waals surface area contributed by atoms with Gasteiger partial charge in [-0.3, -0.25) is 10.1 Å². The van der Waals surface area contributed by atoms with Gasteiger partial charge in [-0.15, -0.1) is 0 Å². The number of nitrogens with one attached hydrogen (secondary N) is 1. The van der Waals surface area contributed by atoms with Gasteiger partial charge in [0.2, 0.25) is 11.0 Å². The lowest BCUT2D eigenvalue weighted by molar-refractivity contribution is -0.384. The molecular formula is C9H10ClF3N4O2. The van der Waals surface area contributed by atoms with Crippen molar-refractivity contribution in [3.8, 4) is 0 Å². The molecule has 1 heterocycles. The highest BCUT2D eigenvalue weighted by atomic mass is 35.5. The normalized spacial score (nSPS) is 11.4. The summed E-state index contributed by atoms with van der Waals surface area (Å²) in [6, 6.07) is 0. The number of hydrogen-bond donors (Lipinski definition) is 1. The number of aromatic nitrogens is 2. The van der Waals surface area contributed by atoms with Gasteiger partial charge in [-0.1, -0.05) is 11.6 Å². The minimum absolute atomic E-state index is 0.0664. The second kappa shape index (κ2) is 6.50. The third-order valence-corrected chi connectivity index (χ3v) is 2.42. The minimum atomic E-state index is -4.19. The first-order valence-corrected chi connectivity index (χ1v) is 5.64. The number of unbranched alkanes of at least 4 members (excludes halogenated alkanes) is 1. The van der Waals surface area contributed by atoms with Crippen LogP contribution in [-0.2, 0) is 0 Å². The molecule has 0 saturated heterocycles. The van der Waals surface area contributed by atoms with E-state index in [1.807, 2.05) is 0 Å². The molecule has 0 spiro atoms. The van der Waals surface area contributed by atoms with Gasteiger partial charge in [0.25, 0.3) is 0 Å². The van der Waals surface area contributed by atoms with E-state index in [2.05, 4.69) is 15.3 Å². The van der Waals surface area contributed by atoms with Crippen molar-refractivity contribution in [2.24, 2.45) is 0 Å². The van der Waals surface area contributed by atoms with Gasteiger partial charge in [-0.05, 0) is 12.8 Å². The van der Waals surface area contributed by atoms with E-state index in [1.54, 1.807) is 0 Å². The first-order valence-electron chi connectivity index (χ1n) is 5.27. The zero-order valence-corrected chi connectivity index (χ0v) is 10.3. The lowest BCUT2D eigenvalue weighted by Gasteiger charge is -2.07. The summed E-state index contributed by atoms with van der Waals surface area (Å²) in [5.41, 5.74) is -0.486. The van der Waals surface area contributed by atoms with Gasteiger partial charge in [0.05, 0.1) is 4.92 Å². The Morgan fingerprint density at radius 1 is 1.37 bits per heavy atom. The number of alkyl halides is 3. The van der Waals surface area contributed by atoms with Crippen LogP contribution in [0.2, 0.25) is 5.15 Å². The predicted molar refractivity (Wildman–Crippen MR) is 62.1 cm³/mol. The number of anilines is 1. The van der Waals surface area contributed by atoms with Gasteiger partial charge >= 0.3 is 11.9 Å². The molecule has 0 aliphatic carbocycles. The molecule has 0 radical (unpaired) electrons. The second-order valence-corrected chi connectivity index (χ2v) is 3.98. The standard InChI is InChI=1S/C9H10ClF3N4O2/c10-7-6(17(18)19)8(16-5-15-7)14-4-2-1-3-9(11,12)13/h5H,1-4H2,(H,14,15,16). The molecule has 0 saturated carbocycles. The van der Waals surface area contributed by atoms with E-state index in [0.717, 1.165) is 6.33 Å². The molecule has 1 aromatic heterocycles. The first-order chi connectivity index (χ1) is 8.81. The molecule has 1 aromatic rings. The maximum Gasteiger partial charge on any atom is 0.389 e. The highest BCUT2D eigenvalue weighted by Gasteiger charge is 2.26. The van der Waals surface area contributed by atoms with Crippen LogP contribution in [-0.4, -0.2) is 27.6 Å². The SMILES string of the molecule is O=[N+]([O-])c1c(Cl)ncnc1NCCCCC(F)(F)F. The first kappa shape index (κ1) is 15.4. The van der Waals surface area contributed by atoms with Crippen molar-refractivity contribution >= 4 is 23.1 Å². The molecule has 0 aliphatic rings. The summed E-state index contributed by atoms with van der Waals surface area (Å²) in [5, 5.41) is 13.0. The molecule has 6 nitrogen and oxygen atoms in total. The fourth-order valence-corrected chi connectivity index (χ4v) is 1.51. The summed E-state index contributed by atoms with van der Waals surface area (Å²) in [6.07, 6.45) is -3.90. The summed E-state index contributed by atoms with van der Waals surface area (Å²) >= 11 is 5.54. The molecule has 0 atom stereocenters. The van der Waals surface area contributed by atoms with Crippen LogP contribution in [0, 0.1) is 10.1 Å². The Kier molecular flexibility index (Phi) is 5.28. The van der Waals surface area contributed by atoms with E-state index in [1.165, 1.54) is 0 Å². The Labute approximate surface area is 111 Å². The molecule has 1 rings (SSSR count). The number of nitrogens with zero attached hydrogens (tertiary/aromatic N) is 3. The largest absolute Gasteiger partial charge is 0.389 e. The molecule has 1 N–H and O–H groups in total. The monoisotopic (exact) mass is 298 g/mol. The van der Waals surface area contributed by atoms with Gasteiger partial charge in [0.15, 0.2) is 0 Å². The zero-order valence-electron chi connectivity index (χ0n) is 9.58. The molecule has 0 aliphatic heterocycles. The summed E-state index contributed by atoms with van der Waals surface area (Å²) in [6.45, 7) is 0.129. The van der Waals surface area contributed by atoms with Crippen LogP contribution in [0.4, 0.5) is 24.7 Å². The molecule has 0 bridgehead atoms. The molecular weight excluding hydrogens is 289 g/mol.